The zero-order valence-electron chi connectivity index (χ0n) is 7.55. The van der Waals surface area contributed by atoms with Gasteiger partial charge >= 0.3 is 0 Å². The van der Waals surface area contributed by atoms with Gasteiger partial charge in [-0.2, -0.15) is 0 Å². The van der Waals surface area contributed by atoms with Gasteiger partial charge in [-0.05, 0) is 48.3 Å². The minimum Gasteiger partial charge on any atom is -0.298 e. The first kappa shape index (κ1) is 7.31. The number of carbonyl (C=O) groups is 1. The molecule has 66 valence electrons. The number of hydrogen-bond donors (Lipinski definition) is 0. The van der Waals surface area contributed by atoms with Crippen LogP contribution in [0.15, 0.2) is 18.2 Å². The molecule has 0 N–H and O–H groups in total. The SMILES string of the molecule is O=Cc1ccc2c(c1)CCC21CC1. The number of aldehydes is 1. The lowest BCUT2D eigenvalue weighted by Gasteiger charge is -2.06. The quantitative estimate of drug-likeness (QED) is 0.595. The second kappa shape index (κ2) is 2.22. The second-order valence-electron chi connectivity index (χ2n) is 4.31. The molecule has 0 bridgehead atoms. The van der Waals surface area contributed by atoms with Gasteiger partial charge in [0.2, 0.25) is 0 Å². The Morgan fingerprint density at radius 3 is 2.77 bits per heavy atom. The number of aryl methyl sites for hydroxylation is 1. The highest BCUT2D eigenvalue weighted by molar-refractivity contribution is 5.75. The largest absolute Gasteiger partial charge is 0.298 e. The van der Waals surface area contributed by atoms with E-state index < -0.39 is 0 Å². The maximum absolute atomic E-state index is 10.6. The average molecular weight is 172 g/mol. The molecule has 1 aromatic rings. The van der Waals surface area contributed by atoms with Gasteiger partial charge in [-0.3, -0.25) is 4.79 Å². The van der Waals surface area contributed by atoms with E-state index in [9.17, 15) is 4.79 Å². The lowest BCUT2D eigenvalue weighted by Crippen LogP contribution is -1.99. The highest BCUT2D eigenvalue weighted by Gasteiger charge is 2.48. The topological polar surface area (TPSA) is 17.1 Å². The van der Waals surface area contributed by atoms with Crippen molar-refractivity contribution in [3.8, 4) is 0 Å². The summed E-state index contributed by atoms with van der Waals surface area (Å²) in [6.07, 6.45) is 6.15. The predicted octanol–water partition coefficient (Wildman–Crippen LogP) is 2.48. The molecule has 1 heteroatoms. The van der Waals surface area contributed by atoms with Crippen LogP contribution in [0.2, 0.25) is 0 Å². The van der Waals surface area contributed by atoms with Crippen LogP contribution >= 0.6 is 0 Å². The molecular weight excluding hydrogens is 160 g/mol. The molecule has 0 aliphatic heterocycles. The zero-order valence-corrected chi connectivity index (χ0v) is 7.55. The molecule has 13 heavy (non-hydrogen) atoms. The first-order valence-corrected chi connectivity index (χ1v) is 4.93. The van der Waals surface area contributed by atoms with Crippen LogP contribution < -0.4 is 0 Å². The van der Waals surface area contributed by atoms with Crippen LogP contribution in [-0.4, -0.2) is 6.29 Å². The fourth-order valence-corrected chi connectivity index (χ4v) is 2.59. The molecule has 0 saturated heterocycles. The van der Waals surface area contributed by atoms with Gasteiger partial charge < -0.3 is 0 Å². The van der Waals surface area contributed by atoms with E-state index in [2.05, 4.69) is 12.1 Å². The van der Waals surface area contributed by atoms with E-state index in [1.807, 2.05) is 6.07 Å². The first-order valence-electron chi connectivity index (χ1n) is 4.93. The van der Waals surface area contributed by atoms with Gasteiger partial charge in [-0.25, -0.2) is 0 Å². The van der Waals surface area contributed by atoms with Crippen molar-refractivity contribution in [2.75, 3.05) is 0 Å². The van der Waals surface area contributed by atoms with Crippen molar-refractivity contribution in [2.24, 2.45) is 0 Å². The molecule has 0 atom stereocenters. The number of rotatable bonds is 1. The standard InChI is InChI=1S/C12H12O/c13-8-9-1-2-11-10(7-9)3-4-12(11)5-6-12/h1-2,7-8H,3-6H2. The van der Waals surface area contributed by atoms with Crippen LogP contribution in [0.1, 0.15) is 40.7 Å². The van der Waals surface area contributed by atoms with Gasteiger partial charge in [0.05, 0.1) is 0 Å². The Labute approximate surface area is 77.8 Å². The predicted molar refractivity (Wildman–Crippen MR) is 51.1 cm³/mol. The molecule has 0 unspecified atom stereocenters. The molecule has 0 amide bonds. The van der Waals surface area contributed by atoms with Crippen LogP contribution in [0.5, 0.6) is 0 Å². The second-order valence-corrected chi connectivity index (χ2v) is 4.31. The number of fused-ring (bicyclic) bond motifs is 2. The van der Waals surface area contributed by atoms with Gasteiger partial charge in [0.15, 0.2) is 0 Å². The smallest absolute Gasteiger partial charge is 0.150 e. The summed E-state index contributed by atoms with van der Waals surface area (Å²) >= 11 is 0. The van der Waals surface area contributed by atoms with Crippen LogP contribution in [0, 0.1) is 0 Å². The summed E-state index contributed by atoms with van der Waals surface area (Å²) in [6, 6.07) is 6.19. The highest BCUT2D eigenvalue weighted by atomic mass is 16.1. The summed E-state index contributed by atoms with van der Waals surface area (Å²) in [5.74, 6) is 0. The minimum atomic E-state index is 0.552. The van der Waals surface area contributed by atoms with Crippen LogP contribution in [0.4, 0.5) is 0 Å². The molecular formula is C12H12O. The van der Waals surface area contributed by atoms with E-state index in [4.69, 9.17) is 0 Å². The number of benzene rings is 1. The molecule has 0 heterocycles. The van der Waals surface area contributed by atoms with Crippen molar-refractivity contribution in [2.45, 2.75) is 31.1 Å². The Kier molecular flexibility index (Phi) is 1.25. The summed E-state index contributed by atoms with van der Waals surface area (Å²) in [7, 11) is 0. The molecule has 2 aliphatic rings. The molecule has 1 spiro atoms. The van der Waals surface area contributed by atoms with Crippen molar-refractivity contribution in [1.82, 2.24) is 0 Å². The Morgan fingerprint density at radius 2 is 2.08 bits per heavy atom. The van der Waals surface area contributed by atoms with Crippen molar-refractivity contribution in [3.63, 3.8) is 0 Å². The summed E-state index contributed by atoms with van der Waals surface area (Å²) < 4.78 is 0. The van der Waals surface area contributed by atoms with Crippen LogP contribution in [0.3, 0.4) is 0 Å². The van der Waals surface area contributed by atoms with Crippen LogP contribution in [-0.2, 0) is 11.8 Å². The van der Waals surface area contributed by atoms with Gasteiger partial charge in [-0.1, -0.05) is 12.1 Å². The Bertz CT molecular complexity index is 375. The molecule has 1 aromatic carbocycles. The highest BCUT2D eigenvalue weighted by Crippen LogP contribution is 2.56. The monoisotopic (exact) mass is 172 g/mol. The van der Waals surface area contributed by atoms with E-state index in [1.165, 1.54) is 36.8 Å². The third kappa shape index (κ3) is 0.902. The summed E-state index contributed by atoms with van der Waals surface area (Å²) in [5.41, 5.74) is 4.33. The van der Waals surface area contributed by atoms with E-state index >= 15 is 0 Å². The van der Waals surface area contributed by atoms with E-state index in [0.717, 1.165) is 11.8 Å². The van der Waals surface area contributed by atoms with Gasteiger partial charge in [-0.15, -0.1) is 0 Å². The maximum atomic E-state index is 10.6. The Hall–Kier alpha value is -1.11. The fraction of sp³-hybridized carbons (Fsp3) is 0.417. The molecule has 1 fully saturated rings. The van der Waals surface area contributed by atoms with E-state index in [1.54, 1.807) is 0 Å². The van der Waals surface area contributed by atoms with Crippen molar-refractivity contribution in [3.05, 3.63) is 34.9 Å². The normalized spacial score (nSPS) is 21.5. The lowest BCUT2D eigenvalue weighted by molar-refractivity contribution is 0.112. The molecule has 3 rings (SSSR count). The first-order chi connectivity index (χ1) is 6.34. The minimum absolute atomic E-state index is 0.552. The Morgan fingerprint density at radius 1 is 1.23 bits per heavy atom. The zero-order chi connectivity index (χ0) is 8.89. The molecule has 1 saturated carbocycles. The van der Waals surface area contributed by atoms with Gasteiger partial charge in [0, 0.05) is 5.56 Å². The van der Waals surface area contributed by atoms with Gasteiger partial charge in [0.25, 0.3) is 0 Å². The molecule has 2 aliphatic carbocycles. The third-order valence-corrected chi connectivity index (χ3v) is 3.56. The average Bonchev–Trinajstić information content (AvgIpc) is 2.86. The lowest BCUT2D eigenvalue weighted by atomic mass is 9.98. The van der Waals surface area contributed by atoms with E-state index in [-0.39, 0.29) is 0 Å². The maximum Gasteiger partial charge on any atom is 0.150 e. The molecule has 1 nitrogen and oxygen atoms in total. The summed E-state index contributed by atoms with van der Waals surface area (Å²) in [5, 5.41) is 0. The van der Waals surface area contributed by atoms with Crippen molar-refractivity contribution in [1.29, 1.82) is 0 Å². The number of carbonyl (C=O) groups excluding carboxylic acids is 1. The van der Waals surface area contributed by atoms with Crippen LogP contribution in [0.25, 0.3) is 0 Å². The molecule has 0 aromatic heterocycles. The fourth-order valence-electron chi connectivity index (χ4n) is 2.59. The number of hydrogen-bond acceptors (Lipinski definition) is 1. The summed E-state index contributed by atoms with van der Waals surface area (Å²) in [6.45, 7) is 0. The Balaban J connectivity index is 2.13. The van der Waals surface area contributed by atoms with E-state index in [0.29, 0.717) is 5.41 Å². The van der Waals surface area contributed by atoms with Crippen molar-refractivity contribution < 1.29 is 4.79 Å². The van der Waals surface area contributed by atoms with Crippen molar-refractivity contribution >= 4 is 6.29 Å². The summed E-state index contributed by atoms with van der Waals surface area (Å²) in [4.78, 5) is 10.6. The van der Waals surface area contributed by atoms with Gasteiger partial charge in [0.1, 0.15) is 6.29 Å². The third-order valence-electron chi connectivity index (χ3n) is 3.56. The molecule has 0 radical (unpaired) electrons.